The zero-order valence-electron chi connectivity index (χ0n) is 17.8. The summed E-state index contributed by atoms with van der Waals surface area (Å²) in [6.45, 7) is 7.34. The van der Waals surface area contributed by atoms with E-state index in [1.54, 1.807) is 0 Å². The highest BCUT2D eigenvalue weighted by Gasteiger charge is 2.73. The Morgan fingerprint density at radius 3 is 2.79 bits per heavy atom. The molecule has 2 N–H and O–H groups in total. The SMILES string of the molecule is CC(=O)OCC[C@@]1(O)[C@H](C)C[C@H]2[C@@H]3C=CC4=CCC=C[C@]4(C)[C@@]3(F)[C@@H](O)C[C@@]21C. The number of hydrogen-bond acceptors (Lipinski definition) is 4. The molecule has 160 valence electrons. The standard InChI is InChI=1S/C24H33FO4/c1-15-13-19-18-9-8-17-7-5-6-10-21(17,3)24(18,25)20(27)14-22(19,4)23(15,28)11-12-29-16(2)26/h6-10,15,18-20,27-28H,5,11-14H2,1-4H3/t15-,18+,19+,20+,21+,22+,23-,24+/m1/s1. The van der Waals surface area contributed by atoms with E-state index in [-0.39, 0.29) is 30.8 Å². The summed E-state index contributed by atoms with van der Waals surface area (Å²) < 4.78 is 22.0. The molecule has 4 aliphatic carbocycles. The van der Waals surface area contributed by atoms with Crippen molar-refractivity contribution in [1.82, 2.24) is 0 Å². The van der Waals surface area contributed by atoms with Gasteiger partial charge in [0.2, 0.25) is 0 Å². The van der Waals surface area contributed by atoms with Crippen molar-refractivity contribution in [2.24, 2.45) is 28.6 Å². The van der Waals surface area contributed by atoms with Crippen molar-refractivity contribution >= 4 is 5.97 Å². The van der Waals surface area contributed by atoms with Crippen molar-refractivity contribution in [3.63, 3.8) is 0 Å². The van der Waals surface area contributed by atoms with Crippen LogP contribution in [0.15, 0.2) is 36.0 Å². The molecule has 0 radical (unpaired) electrons. The smallest absolute Gasteiger partial charge is 0.302 e. The Hall–Kier alpha value is -1.46. The first kappa shape index (κ1) is 20.8. The van der Waals surface area contributed by atoms with E-state index >= 15 is 4.39 Å². The Morgan fingerprint density at radius 1 is 1.38 bits per heavy atom. The molecule has 0 aromatic carbocycles. The predicted octanol–water partition coefficient (Wildman–Crippen LogP) is 3.88. The highest BCUT2D eigenvalue weighted by atomic mass is 19.1. The van der Waals surface area contributed by atoms with Crippen LogP contribution >= 0.6 is 0 Å². The number of hydrogen-bond donors (Lipinski definition) is 2. The van der Waals surface area contributed by atoms with E-state index in [4.69, 9.17) is 4.74 Å². The molecule has 0 aromatic heterocycles. The number of carbonyl (C=O) groups excluding carboxylic acids is 1. The van der Waals surface area contributed by atoms with Crippen LogP contribution in [0.2, 0.25) is 0 Å². The first-order chi connectivity index (χ1) is 13.5. The Balaban J connectivity index is 1.74. The van der Waals surface area contributed by atoms with Gasteiger partial charge >= 0.3 is 5.97 Å². The molecule has 2 fully saturated rings. The van der Waals surface area contributed by atoms with Crippen LogP contribution in [0.3, 0.4) is 0 Å². The summed E-state index contributed by atoms with van der Waals surface area (Å²) in [5.74, 6) is -1.04. The number of esters is 1. The van der Waals surface area contributed by atoms with Gasteiger partial charge in [0.1, 0.15) is 0 Å². The molecule has 4 aliphatic rings. The highest BCUT2D eigenvalue weighted by Crippen LogP contribution is 2.69. The number of rotatable bonds is 3. The van der Waals surface area contributed by atoms with Crippen molar-refractivity contribution in [3.05, 3.63) is 36.0 Å². The van der Waals surface area contributed by atoms with E-state index in [1.807, 2.05) is 51.2 Å². The number of alkyl halides is 1. The summed E-state index contributed by atoms with van der Waals surface area (Å²) in [4.78, 5) is 11.2. The number of halogens is 1. The Kier molecular flexibility index (Phi) is 4.67. The number of allylic oxidation sites excluding steroid dienone is 6. The van der Waals surface area contributed by atoms with E-state index in [0.717, 1.165) is 12.0 Å². The fourth-order valence-corrected chi connectivity index (χ4v) is 7.11. The molecule has 5 heteroatoms. The molecule has 29 heavy (non-hydrogen) atoms. The molecule has 4 nitrogen and oxygen atoms in total. The molecular weight excluding hydrogens is 371 g/mol. The monoisotopic (exact) mass is 404 g/mol. The molecule has 8 atom stereocenters. The maximum atomic E-state index is 16.9. The van der Waals surface area contributed by atoms with Crippen molar-refractivity contribution in [1.29, 1.82) is 0 Å². The third kappa shape index (κ3) is 2.53. The second-order valence-electron chi connectivity index (χ2n) is 10.0. The zero-order valence-corrected chi connectivity index (χ0v) is 17.8. The summed E-state index contributed by atoms with van der Waals surface area (Å²) in [5, 5.41) is 23.0. The van der Waals surface area contributed by atoms with Crippen LogP contribution in [-0.4, -0.2) is 40.2 Å². The van der Waals surface area contributed by atoms with E-state index in [1.165, 1.54) is 6.92 Å². The van der Waals surface area contributed by atoms with Gasteiger partial charge < -0.3 is 14.9 Å². The topological polar surface area (TPSA) is 66.8 Å². The fourth-order valence-electron chi connectivity index (χ4n) is 7.11. The number of fused-ring (bicyclic) bond motifs is 5. The van der Waals surface area contributed by atoms with Crippen LogP contribution < -0.4 is 0 Å². The summed E-state index contributed by atoms with van der Waals surface area (Å²) in [7, 11) is 0. The van der Waals surface area contributed by atoms with Crippen LogP contribution in [0.4, 0.5) is 4.39 Å². The lowest BCUT2D eigenvalue weighted by atomic mass is 9.46. The van der Waals surface area contributed by atoms with Gasteiger partial charge in [0.25, 0.3) is 0 Å². The lowest BCUT2D eigenvalue weighted by Gasteiger charge is -2.61. The van der Waals surface area contributed by atoms with Gasteiger partial charge in [0.15, 0.2) is 5.67 Å². The summed E-state index contributed by atoms with van der Waals surface area (Å²) in [5.41, 5.74) is -3.53. The summed E-state index contributed by atoms with van der Waals surface area (Å²) in [6, 6.07) is 0. The highest BCUT2D eigenvalue weighted by molar-refractivity contribution is 5.65. The minimum absolute atomic E-state index is 0.0809. The Labute approximate surface area is 172 Å². The average Bonchev–Trinajstić information content (AvgIpc) is 2.83. The Bertz CT molecular complexity index is 803. The van der Waals surface area contributed by atoms with Crippen molar-refractivity contribution in [2.75, 3.05) is 6.61 Å². The van der Waals surface area contributed by atoms with Gasteiger partial charge in [-0.3, -0.25) is 4.79 Å². The van der Waals surface area contributed by atoms with Crippen molar-refractivity contribution < 1.29 is 24.1 Å². The van der Waals surface area contributed by atoms with Gasteiger partial charge in [0.05, 0.1) is 18.3 Å². The minimum atomic E-state index is -1.81. The molecule has 0 aromatic rings. The van der Waals surface area contributed by atoms with Crippen LogP contribution in [0, 0.1) is 28.6 Å². The second-order valence-corrected chi connectivity index (χ2v) is 10.0. The van der Waals surface area contributed by atoms with Gasteiger partial charge in [-0.2, -0.15) is 0 Å². The molecule has 0 aliphatic heterocycles. The van der Waals surface area contributed by atoms with Crippen LogP contribution in [0.25, 0.3) is 0 Å². The predicted molar refractivity (Wildman–Crippen MR) is 109 cm³/mol. The maximum absolute atomic E-state index is 16.9. The summed E-state index contributed by atoms with van der Waals surface area (Å²) in [6.07, 6.45) is 10.7. The molecular formula is C24H33FO4. The average molecular weight is 405 g/mol. The van der Waals surface area contributed by atoms with Gasteiger partial charge in [-0.15, -0.1) is 0 Å². The first-order valence-electron chi connectivity index (χ1n) is 10.8. The quantitative estimate of drug-likeness (QED) is 0.553. The molecule has 4 rings (SSSR count). The molecule has 0 bridgehead atoms. The third-order valence-corrected chi connectivity index (χ3v) is 8.84. The fraction of sp³-hybridized carbons (Fsp3) is 0.708. The molecule has 2 saturated carbocycles. The molecule has 0 unspecified atom stereocenters. The van der Waals surface area contributed by atoms with E-state index in [9.17, 15) is 15.0 Å². The van der Waals surface area contributed by atoms with Gasteiger partial charge in [-0.1, -0.05) is 44.2 Å². The van der Waals surface area contributed by atoms with Gasteiger partial charge in [-0.25, -0.2) is 4.39 Å². The van der Waals surface area contributed by atoms with Crippen molar-refractivity contribution in [2.45, 2.75) is 70.8 Å². The van der Waals surface area contributed by atoms with Crippen LogP contribution in [0.5, 0.6) is 0 Å². The molecule has 0 spiro atoms. The molecule has 0 heterocycles. The number of aliphatic hydroxyl groups is 2. The van der Waals surface area contributed by atoms with Crippen LogP contribution in [0.1, 0.15) is 53.4 Å². The van der Waals surface area contributed by atoms with Gasteiger partial charge in [0, 0.05) is 30.1 Å². The van der Waals surface area contributed by atoms with Crippen molar-refractivity contribution in [3.8, 4) is 0 Å². The maximum Gasteiger partial charge on any atom is 0.302 e. The Morgan fingerprint density at radius 2 is 2.10 bits per heavy atom. The van der Waals surface area contributed by atoms with Gasteiger partial charge in [-0.05, 0) is 43.6 Å². The first-order valence-corrected chi connectivity index (χ1v) is 10.8. The lowest BCUT2D eigenvalue weighted by Crippen LogP contribution is -2.67. The zero-order chi connectivity index (χ0) is 21.2. The van der Waals surface area contributed by atoms with E-state index in [0.29, 0.717) is 12.8 Å². The molecule has 0 amide bonds. The molecule has 0 saturated heterocycles. The van der Waals surface area contributed by atoms with E-state index in [2.05, 4.69) is 0 Å². The number of aliphatic hydroxyl groups excluding tert-OH is 1. The lowest BCUT2D eigenvalue weighted by molar-refractivity contribution is -0.207. The minimum Gasteiger partial charge on any atom is -0.466 e. The van der Waals surface area contributed by atoms with E-state index < -0.39 is 34.1 Å². The number of carbonyl (C=O) groups is 1. The second kappa shape index (κ2) is 6.52. The summed E-state index contributed by atoms with van der Waals surface area (Å²) >= 11 is 0. The number of ether oxygens (including phenoxy) is 1. The third-order valence-electron chi connectivity index (χ3n) is 8.84. The largest absolute Gasteiger partial charge is 0.466 e. The van der Waals surface area contributed by atoms with Crippen LogP contribution in [-0.2, 0) is 9.53 Å². The normalized spacial score (nSPS) is 50.4.